The maximum absolute atomic E-state index is 10.7. The molecule has 0 radical (unpaired) electrons. The van der Waals surface area contributed by atoms with Crippen molar-refractivity contribution in [2.24, 2.45) is 5.73 Å². The third-order valence-corrected chi connectivity index (χ3v) is 2.14. The minimum absolute atomic E-state index is 0.0398. The van der Waals surface area contributed by atoms with E-state index in [1.165, 1.54) is 0 Å². The van der Waals surface area contributed by atoms with E-state index in [1.54, 1.807) is 0 Å². The molecule has 0 heterocycles. The second-order valence-corrected chi connectivity index (χ2v) is 3.68. The lowest BCUT2D eigenvalue weighted by Gasteiger charge is -2.12. The van der Waals surface area contributed by atoms with Crippen LogP contribution in [-0.2, 0) is 13.6 Å². The highest BCUT2D eigenvalue weighted by molar-refractivity contribution is 7.47. The molecule has 0 fully saturated rings. The van der Waals surface area contributed by atoms with Gasteiger partial charge in [0.15, 0.2) is 0 Å². The number of phosphoric ester groups is 1. The van der Waals surface area contributed by atoms with Crippen molar-refractivity contribution in [2.45, 2.75) is 19.4 Å². The molecule has 0 aliphatic carbocycles. The van der Waals surface area contributed by atoms with Crippen LogP contribution in [0.4, 0.5) is 0 Å². The molecule has 2 unspecified atom stereocenters. The quantitative estimate of drug-likeness (QED) is 0.606. The van der Waals surface area contributed by atoms with Crippen molar-refractivity contribution >= 4 is 7.82 Å². The zero-order valence-electron chi connectivity index (χ0n) is 6.69. The molecule has 0 rings (SSSR count). The van der Waals surface area contributed by atoms with E-state index in [0.29, 0.717) is 6.42 Å². The van der Waals surface area contributed by atoms with Gasteiger partial charge in [0.1, 0.15) is 0 Å². The molecule has 0 aliphatic heterocycles. The number of nitrogens with two attached hydrogens (primary N) is 1. The summed E-state index contributed by atoms with van der Waals surface area (Å²) in [7, 11) is -2.71. The van der Waals surface area contributed by atoms with Crippen LogP contribution in [0.3, 0.4) is 0 Å². The zero-order chi connectivity index (χ0) is 8.91. The van der Waals surface area contributed by atoms with Crippen molar-refractivity contribution in [1.82, 2.24) is 0 Å². The molecule has 0 aromatic heterocycles. The van der Waals surface area contributed by atoms with Crippen LogP contribution in [0.25, 0.3) is 0 Å². The maximum Gasteiger partial charge on any atom is 0.471 e. The summed E-state index contributed by atoms with van der Waals surface area (Å²) >= 11 is 0. The largest absolute Gasteiger partial charge is 0.471 e. The minimum atomic E-state index is -3.82. The van der Waals surface area contributed by atoms with E-state index in [2.05, 4.69) is 9.05 Å². The average molecular weight is 183 g/mol. The maximum atomic E-state index is 10.7. The summed E-state index contributed by atoms with van der Waals surface area (Å²) in [5.74, 6) is 0. The van der Waals surface area contributed by atoms with Gasteiger partial charge in [0, 0.05) is 13.2 Å². The first-order valence-electron chi connectivity index (χ1n) is 3.30. The molecule has 68 valence electrons. The Morgan fingerprint density at radius 2 is 2.27 bits per heavy atom. The predicted molar refractivity (Wildman–Crippen MR) is 41.1 cm³/mol. The van der Waals surface area contributed by atoms with Crippen molar-refractivity contribution in [3.8, 4) is 0 Å². The van der Waals surface area contributed by atoms with Crippen molar-refractivity contribution in [1.29, 1.82) is 0 Å². The van der Waals surface area contributed by atoms with Crippen LogP contribution in [0.15, 0.2) is 0 Å². The van der Waals surface area contributed by atoms with E-state index in [1.807, 2.05) is 6.92 Å². The second kappa shape index (κ2) is 4.85. The Kier molecular flexibility index (Phi) is 4.88. The third kappa shape index (κ3) is 5.35. The third-order valence-electron chi connectivity index (χ3n) is 1.21. The Morgan fingerprint density at radius 1 is 1.73 bits per heavy atom. The van der Waals surface area contributed by atoms with Gasteiger partial charge < -0.3 is 10.6 Å². The Labute approximate surface area is 66.1 Å². The van der Waals surface area contributed by atoms with E-state index in [4.69, 9.17) is 10.6 Å². The Hall–Kier alpha value is 0.0700. The summed E-state index contributed by atoms with van der Waals surface area (Å²) in [6.45, 7) is 1.90. The minimum Gasteiger partial charge on any atom is -0.326 e. The summed E-state index contributed by atoms with van der Waals surface area (Å²) in [6.07, 6.45) is 0.698. The Bertz CT molecular complexity index is 151. The van der Waals surface area contributed by atoms with E-state index >= 15 is 0 Å². The van der Waals surface area contributed by atoms with Gasteiger partial charge in [0.05, 0.1) is 6.61 Å². The molecule has 0 aliphatic rings. The highest BCUT2D eigenvalue weighted by atomic mass is 31.2. The molecule has 2 atom stereocenters. The standard InChI is InChI=1S/C5H14NO4P/c1-3-5(6)4-10-11(7,8)9-2/h5H,3-4,6H2,1-2H3,(H,7,8). The van der Waals surface area contributed by atoms with Crippen molar-refractivity contribution in [3.05, 3.63) is 0 Å². The Morgan fingerprint density at radius 3 is 2.64 bits per heavy atom. The fraction of sp³-hybridized carbons (Fsp3) is 1.00. The number of rotatable bonds is 5. The molecular formula is C5H14NO4P. The summed E-state index contributed by atoms with van der Waals surface area (Å²) in [6, 6.07) is -0.217. The topological polar surface area (TPSA) is 81.8 Å². The lowest BCUT2D eigenvalue weighted by atomic mass is 10.3. The summed E-state index contributed by atoms with van der Waals surface area (Å²) in [5.41, 5.74) is 5.42. The van der Waals surface area contributed by atoms with Crippen LogP contribution in [0.2, 0.25) is 0 Å². The first kappa shape index (κ1) is 11.1. The van der Waals surface area contributed by atoms with Crippen LogP contribution in [0, 0.1) is 0 Å². The smallest absolute Gasteiger partial charge is 0.326 e. The van der Waals surface area contributed by atoms with E-state index in [-0.39, 0.29) is 12.6 Å². The van der Waals surface area contributed by atoms with Crippen molar-refractivity contribution in [3.63, 3.8) is 0 Å². The summed E-state index contributed by atoms with van der Waals surface area (Å²) < 4.78 is 19.3. The zero-order valence-corrected chi connectivity index (χ0v) is 7.58. The lowest BCUT2D eigenvalue weighted by Crippen LogP contribution is -2.24. The number of hydrogen-bond donors (Lipinski definition) is 2. The van der Waals surface area contributed by atoms with Gasteiger partial charge in [0.25, 0.3) is 0 Å². The summed E-state index contributed by atoms with van der Waals surface area (Å²) in [4.78, 5) is 8.72. The molecule has 3 N–H and O–H groups in total. The van der Waals surface area contributed by atoms with Gasteiger partial charge in [-0.15, -0.1) is 0 Å². The molecule has 0 spiro atoms. The van der Waals surface area contributed by atoms with Gasteiger partial charge in [-0.05, 0) is 6.42 Å². The fourth-order valence-electron chi connectivity index (χ4n) is 0.360. The predicted octanol–water partition coefficient (Wildman–Crippen LogP) is 0.487. The van der Waals surface area contributed by atoms with Crippen LogP contribution in [0.1, 0.15) is 13.3 Å². The highest BCUT2D eigenvalue weighted by Crippen LogP contribution is 2.41. The van der Waals surface area contributed by atoms with Gasteiger partial charge in [0.2, 0.25) is 0 Å². The lowest BCUT2D eigenvalue weighted by molar-refractivity contribution is 0.164. The van der Waals surface area contributed by atoms with Crippen LogP contribution >= 0.6 is 7.82 Å². The van der Waals surface area contributed by atoms with Crippen LogP contribution < -0.4 is 5.73 Å². The molecule has 6 heteroatoms. The molecule has 0 aromatic carbocycles. The molecule has 0 amide bonds. The van der Waals surface area contributed by atoms with Gasteiger partial charge in [-0.2, -0.15) is 0 Å². The first-order chi connectivity index (χ1) is 5.02. The molecule has 11 heavy (non-hydrogen) atoms. The Balaban J connectivity index is 3.61. The normalized spacial score (nSPS) is 19.3. The van der Waals surface area contributed by atoms with Gasteiger partial charge >= 0.3 is 7.82 Å². The van der Waals surface area contributed by atoms with Crippen LogP contribution in [0.5, 0.6) is 0 Å². The highest BCUT2D eigenvalue weighted by Gasteiger charge is 2.18. The monoisotopic (exact) mass is 183 g/mol. The summed E-state index contributed by atoms with van der Waals surface area (Å²) in [5, 5.41) is 0. The molecule has 0 saturated carbocycles. The van der Waals surface area contributed by atoms with Crippen molar-refractivity contribution in [2.75, 3.05) is 13.7 Å². The van der Waals surface area contributed by atoms with E-state index < -0.39 is 7.82 Å². The average Bonchev–Trinajstić information content (AvgIpc) is 2.00. The first-order valence-corrected chi connectivity index (χ1v) is 4.80. The van der Waals surface area contributed by atoms with Gasteiger partial charge in [-0.1, -0.05) is 6.92 Å². The molecule has 0 saturated heterocycles. The number of phosphoric acid groups is 1. The van der Waals surface area contributed by atoms with Crippen LogP contribution in [-0.4, -0.2) is 24.7 Å². The van der Waals surface area contributed by atoms with Crippen molar-refractivity contribution < 1.29 is 18.5 Å². The van der Waals surface area contributed by atoms with Gasteiger partial charge in [-0.3, -0.25) is 9.05 Å². The fourth-order valence-corrected chi connectivity index (χ4v) is 0.846. The van der Waals surface area contributed by atoms with Gasteiger partial charge in [-0.25, -0.2) is 4.57 Å². The van der Waals surface area contributed by atoms with E-state index in [0.717, 1.165) is 7.11 Å². The molecule has 5 nitrogen and oxygen atoms in total. The molecular weight excluding hydrogens is 169 g/mol. The second-order valence-electron chi connectivity index (χ2n) is 2.12. The van der Waals surface area contributed by atoms with E-state index in [9.17, 15) is 4.57 Å². The SMILES string of the molecule is CCC(N)COP(=O)(O)OC. The number of hydrogen-bond acceptors (Lipinski definition) is 4. The molecule has 0 bridgehead atoms. The molecule has 0 aromatic rings.